The van der Waals surface area contributed by atoms with Crippen molar-refractivity contribution in [2.75, 3.05) is 21.3 Å². The summed E-state index contributed by atoms with van der Waals surface area (Å²) < 4.78 is 17.2. The van der Waals surface area contributed by atoms with Gasteiger partial charge in [0.2, 0.25) is 0 Å². The fraction of sp³-hybridized carbons (Fsp3) is 0.333. The first kappa shape index (κ1) is 22.7. The molecule has 0 bridgehead atoms. The van der Waals surface area contributed by atoms with Gasteiger partial charge in [-0.1, -0.05) is 54.6 Å². The third-order valence-corrected chi connectivity index (χ3v) is 5.67. The van der Waals surface area contributed by atoms with E-state index in [0.29, 0.717) is 0 Å². The molecule has 164 valence electrons. The van der Waals surface area contributed by atoms with Crippen LogP contribution in [-0.2, 0) is 19.6 Å². The van der Waals surface area contributed by atoms with Gasteiger partial charge in [-0.2, -0.15) is 0 Å². The van der Waals surface area contributed by atoms with Crippen molar-refractivity contribution in [3.63, 3.8) is 0 Å². The molecule has 0 fully saturated rings. The van der Waals surface area contributed by atoms with Crippen molar-refractivity contribution in [1.29, 1.82) is 0 Å². The maximum absolute atomic E-state index is 5.73. The van der Waals surface area contributed by atoms with E-state index < -0.39 is 0 Å². The largest absolute Gasteiger partial charge is 0.496 e. The molecule has 0 aliphatic heterocycles. The number of aryl methyl sites for hydroxylation is 3. The summed E-state index contributed by atoms with van der Waals surface area (Å²) >= 11 is 0. The summed E-state index contributed by atoms with van der Waals surface area (Å²) in [5.74, 6) is 2.83. The molecule has 4 heteroatoms. The molecule has 31 heavy (non-hydrogen) atoms. The fourth-order valence-corrected chi connectivity index (χ4v) is 4.28. The zero-order chi connectivity index (χ0) is 22.4. The third kappa shape index (κ3) is 5.20. The number of rotatable bonds is 9. The highest BCUT2D eigenvalue weighted by Gasteiger charge is 2.17. The molecule has 0 aliphatic carbocycles. The Morgan fingerprint density at radius 3 is 1.06 bits per heavy atom. The van der Waals surface area contributed by atoms with E-state index in [0.717, 1.165) is 53.6 Å². The minimum absolute atomic E-state index is 0.749. The number of nitrogens with zero attached hydrogens (tertiary/aromatic N) is 1. The van der Waals surface area contributed by atoms with Crippen LogP contribution < -0.4 is 14.2 Å². The second-order valence-electron chi connectivity index (χ2n) is 7.95. The molecule has 0 N–H and O–H groups in total. The molecule has 0 saturated carbocycles. The van der Waals surface area contributed by atoms with Crippen molar-refractivity contribution in [3.05, 3.63) is 88.0 Å². The summed E-state index contributed by atoms with van der Waals surface area (Å²) in [6.45, 7) is 8.50. The van der Waals surface area contributed by atoms with E-state index in [1.54, 1.807) is 21.3 Å². The van der Waals surface area contributed by atoms with E-state index in [1.807, 2.05) is 0 Å². The van der Waals surface area contributed by atoms with Gasteiger partial charge in [0.05, 0.1) is 21.3 Å². The number of hydrogen-bond donors (Lipinski definition) is 0. The van der Waals surface area contributed by atoms with Crippen molar-refractivity contribution in [3.8, 4) is 17.2 Å². The smallest absolute Gasteiger partial charge is 0.126 e. The number of para-hydroxylation sites is 3. The van der Waals surface area contributed by atoms with E-state index >= 15 is 0 Å². The molecule has 0 spiro atoms. The summed E-state index contributed by atoms with van der Waals surface area (Å²) in [7, 11) is 5.22. The Hall–Kier alpha value is -2.98. The normalized spacial score (nSPS) is 10.9. The van der Waals surface area contributed by atoms with E-state index in [4.69, 9.17) is 14.2 Å². The lowest BCUT2D eigenvalue weighted by atomic mass is 10.0. The van der Waals surface area contributed by atoms with Gasteiger partial charge in [-0.25, -0.2) is 0 Å². The monoisotopic (exact) mass is 419 g/mol. The minimum Gasteiger partial charge on any atom is -0.496 e. The number of ether oxygens (including phenoxy) is 3. The zero-order valence-electron chi connectivity index (χ0n) is 19.5. The highest BCUT2D eigenvalue weighted by atomic mass is 16.5. The van der Waals surface area contributed by atoms with Crippen molar-refractivity contribution in [2.24, 2.45) is 0 Å². The van der Waals surface area contributed by atoms with E-state index in [9.17, 15) is 0 Å². The van der Waals surface area contributed by atoms with Crippen molar-refractivity contribution < 1.29 is 14.2 Å². The Bertz CT molecular complexity index is 897. The van der Waals surface area contributed by atoms with Crippen LogP contribution in [0.3, 0.4) is 0 Å². The highest BCUT2D eigenvalue weighted by Crippen LogP contribution is 2.31. The molecule has 0 aliphatic rings. The number of methoxy groups -OCH3 is 3. The molecule has 0 saturated heterocycles. The van der Waals surface area contributed by atoms with Crippen molar-refractivity contribution >= 4 is 0 Å². The molecule has 0 amide bonds. The molecule has 0 atom stereocenters. The van der Waals surface area contributed by atoms with Gasteiger partial charge in [-0.15, -0.1) is 0 Å². The molecule has 3 aromatic carbocycles. The molecular formula is C27H33NO3. The van der Waals surface area contributed by atoms with Crippen LogP contribution in [0.4, 0.5) is 0 Å². The maximum atomic E-state index is 5.73. The van der Waals surface area contributed by atoms with E-state index in [1.165, 1.54) is 16.7 Å². The van der Waals surface area contributed by atoms with Crippen LogP contribution in [0, 0.1) is 20.8 Å². The molecular weight excluding hydrogens is 386 g/mol. The fourth-order valence-electron chi connectivity index (χ4n) is 4.28. The molecule has 0 heterocycles. The lowest BCUT2D eigenvalue weighted by molar-refractivity contribution is 0.236. The third-order valence-electron chi connectivity index (χ3n) is 5.67. The van der Waals surface area contributed by atoms with Gasteiger partial charge in [0.1, 0.15) is 17.2 Å². The first-order valence-corrected chi connectivity index (χ1v) is 10.6. The first-order chi connectivity index (χ1) is 15.0. The quantitative estimate of drug-likeness (QED) is 0.436. The van der Waals surface area contributed by atoms with Crippen LogP contribution in [-0.4, -0.2) is 26.2 Å². The molecule has 3 rings (SSSR count). The SMILES string of the molecule is COc1c(C)cccc1CN(Cc1cccc(C)c1OC)Cc1cccc(C)c1OC. The lowest BCUT2D eigenvalue weighted by Gasteiger charge is -2.26. The highest BCUT2D eigenvalue weighted by molar-refractivity contribution is 5.44. The summed E-state index contributed by atoms with van der Waals surface area (Å²) in [5, 5.41) is 0. The zero-order valence-corrected chi connectivity index (χ0v) is 19.5. The predicted molar refractivity (Wildman–Crippen MR) is 126 cm³/mol. The van der Waals surface area contributed by atoms with Crippen LogP contribution >= 0.6 is 0 Å². The average Bonchev–Trinajstić information content (AvgIpc) is 2.74. The number of benzene rings is 3. The van der Waals surface area contributed by atoms with Gasteiger partial charge in [0.15, 0.2) is 0 Å². The molecule has 0 radical (unpaired) electrons. The molecule has 3 aromatic rings. The van der Waals surface area contributed by atoms with E-state index in [2.05, 4.69) is 80.3 Å². The van der Waals surface area contributed by atoms with Crippen molar-refractivity contribution in [1.82, 2.24) is 4.90 Å². The Balaban J connectivity index is 2.00. The van der Waals surface area contributed by atoms with Crippen LogP contribution in [0.1, 0.15) is 33.4 Å². The second kappa shape index (κ2) is 10.4. The van der Waals surface area contributed by atoms with Gasteiger partial charge in [0, 0.05) is 36.3 Å². The molecule has 0 aromatic heterocycles. The van der Waals surface area contributed by atoms with E-state index in [-0.39, 0.29) is 0 Å². The van der Waals surface area contributed by atoms with Crippen LogP contribution in [0.5, 0.6) is 17.2 Å². The Morgan fingerprint density at radius 1 is 0.516 bits per heavy atom. The van der Waals surface area contributed by atoms with Crippen LogP contribution in [0.2, 0.25) is 0 Å². The average molecular weight is 420 g/mol. The minimum atomic E-state index is 0.749. The Kier molecular flexibility index (Phi) is 7.59. The topological polar surface area (TPSA) is 30.9 Å². The Morgan fingerprint density at radius 2 is 0.806 bits per heavy atom. The molecule has 4 nitrogen and oxygen atoms in total. The molecule has 0 unspecified atom stereocenters. The lowest BCUT2D eigenvalue weighted by Crippen LogP contribution is -2.23. The predicted octanol–water partition coefficient (Wildman–Crippen LogP) is 5.84. The van der Waals surface area contributed by atoms with Crippen LogP contribution in [0.15, 0.2) is 54.6 Å². The van der Waals surface area contributed by atoms with Crippen molar-refractivity contribution in [2.45, 2.75) is 40.4 Å². The van der Waals surface area contributed by atoms with Gasteiger partial charge in [-0.05, 0) is 37.5 Å². The van der Waals surface area contributed by atoms with Gasteiger partial charge >= 0.3 is 0 Å². The van der Waals surface area contributed by atoms with Gasteiger partial charge in [-0.3, -0.25) is 4.90 Å². The van der Waals surface area contributed by atoms with Gasteiger partial charge < -0.3 is 14.2 Å². The standard InChI is InChI=1S/C27H33NO3/c1-19-10-7-13-22(25(19)29-4)16-28(17-23-14-8-11-20(2)26(23)30-5)18-24-15-9-12-21(3)27(24)31-6/h7-15H,16-18H2,1-6H3. The summed E-state index contributed by atoms with van der Waals surface area (Å²) in [6.07, 6.45) is 0. The number of hydrogen-bond acceptors (Lipinski definition) is 4. The maximum Gasteiger partial charge on any atom is 0.126 e. The second-order valence-corrected chi connectivity index (χ2v) is 7.95. The summed E-state index contributed by atoms with van der Waals surface area (Å²) in [4.78, 5) is 2.41. The van der Waals surface area contributed by atoms with Gasteiger partial charge in [0.25, 0.3) is 0 Å². The van der Waals surface area contributed by atoms with Crippen LogP contribution in [0.25, 0.3) is 0 Å². The summed E-state index contributed by atoms with van der Waals surface area (Å²) in [6, 6.07) is 18.9. The first-order valence-electron chi connectivity index (χ1n) is 10.6. The Labute approximate surface area is 186 Å². The summed E-state index contributed by atoms with van der Waals surface area (Å²) in [5.41, 5.74) is 6.92.